The van der Waals surface area contributed by atoms with Crippen LogP contribution in [-0.2, 0) is 4.79 Å². The molecule has 1 aliphatic heterocycles. The summed E-state index contributed by atoms with van der Waals surface area (Å²) in [5.74, 6) is 1.52. The summed E-state index contributed by atoms with van der Waals surface area (Å²) in [7, 11) is 0. The molecule has 1 aromatic heterocycles. The van der Waals surface area contributed by atoms with Crippen LogP contribution in [0, 0.1) is 0 Å². The van der Waals surface area contributed by atoms with E-state index in [4.69, 9.17) is 0 Å². The van der Waals surface area contributed by atoms with E-state index in [0.29, 0.717) is 11.8 Å². The zero-order valence-electron chi connectivity index (χ0n) is 13.3. The van der Waals surface area contributed by atoms with E-state index in [2.05, 4.69) is 31.9 Å². The second-order valence-corrected chi connectivity index (χ2v) is 7.01. The van der Waals surface area contributed by atoms with Gasteiger partial charge in [0.2, 0.25) is 11.9 Å². The van der Waals surface area contributed by atoms with Crippen molar-refractivity contribution in [1.29, 1.82) is 0 Å². The van der Waals surface area contributed by atoms with Gasteiger partial charge in [-0.2, -0.15) is 0 Å². The molecule has 6 nitrogen and oxygen atoms in total. The van der Waals surface area contributed by atoms with Gasteiger partial charge < -0.3 is 10.2 Å². The highest BCUT2D eigenvalue weighted by molar-refractivity contribution is 7.99. The fourth-order valence-corrected chi connectivity index (χ4v) is 3.57. The molecule has 7 heteroatoms. The van der Waals surface area contributed by atoms with Crippen molar-refractivity contribution in [3.63, 3.8) is 0 Å². The third-order valence-electron chi connectivity index (χ3n) is 4.13. The largest absolute Gasteiger partial charge is 0.355 e. The standard InChI is InChI=1S/C15H25N5OS/c1-2-3-8-16-13(21)11-22-15-18-17-14(19-9-4-5-10-19)20(15)12-6-7-12/h12H,2-11H2,1H3,(H,16,21). The number of anilines is 1. The minimum atomic E-state index is 0.0894. The molecule has 2 fully saturated rings. The van der Waals surface area contributed by atoms with E-state index in [-0.39, 0.29) is 5.91 Å². The van der Waals surface area contributed by atoms with Gasteiger partial charge in [-0.1, -0.05) is 25.1 Å². The third kappa shape index (κ3) is 3.74. The molecule has 0 radical (unpaired) electrons. The van der Waals surface area contributed by atoms with Crippen molar-refractivity contribution in [2.24, 2.45) is 0 Å². The number of hydrogen-bond acceptors (Lipinski definition) is 5. The number of nitrogens with one attached hydrogen (secondary N) is 1. The summed E-state index contributed by atoms with van der Waals surface area (Å²) in [4.78, 5) is 14.2. The first kappa shape index (κ1) is 15.6. The fourth-order valence-electron chi connectivity index (χ4n) is 2.74. The lowest BCUT2D eigenvalue weighted by atomic mass is 10.3. The molecule has 3 rings (SSSR count). The van der Waals surface area contributed by atoms with Crippen LogP contribution in [0.5, 0.6) is 0 Å². The Morgan fingerprint density at radius 3 is 2.77 bits per heavy atom. The molecule has 1 saturated heterocycles. The molecular formula is C15H25N5OS. The lowest BCUT2D eigenvalue weighted by Gasteiger charge is -2.17. The molecule has 0 spiro atoms. The van der Waals surface area contributed by atoms with Gasteiger partial charge in [0.25, 0.3) is 0 Å². The van der Waals surface area contributed by atoms with Crippen LogP contribution in [0.15, 0.2) is 5.16 Å². The van der Waals surface area contributed by atoms with Crippen LogP contribution in [0.3, 0.4) is 0 Å². The van der Waals surface area contributed by atoms with Crippen LogP contribution in [0.25, 0.3) is 0 Å². The normalized spacial score (nSPS) is 18.0. The van der Waals surface area contributed by atoms with Gasteiger partial charge in [-0.15, -0.1) is 10.2 Å². The predicted molar refractivity (Wildman–Crippen MR) is 88.4 cm³/mol. The maximum atomic E-state index is 11.9. The highest BCUT2D eigenvalue weighted by atomic mass is 32.2. The molecule has 0 atom stereocenters. The van der Waals surface area contributed by atoms with Crippen molar-refractivity contribution < 1.29 is 4.79 Å². The molecule has 2 heterocycles. The highest BCUT2D eigenvalue weighted by Crippen LogP contribution is 2.41. The van der Waals surface area contributed by atoms with Gasteiger partial charge in [0.15, 0.2) is 5.16 Å². The second-order valence-electron chi connectivity index (χ2n) is 6.07. The molecule has 0 unspecified atom stereocenters. The number of aromatic nitrogens is 3. The van der Waals surface area contributed by atoms with Gasteiger partial charge in [0.1, 0.15) is 0 Å². The van der Waals surface area contributed by atoms with Crippen LogP contribution in [0.1, 0.15) is 51.5 Å². The number of nitrogens with zero attached hydrogens (tertiary/aromatic N) is 4. The molecular weight excluding hydrogens is 298 g/mol. The van der Waals surface area contributed by atoms with Crippen LogP contribution in [0.2, 0.25) is 0 Å². The molecule has 1 amide bonds. The number of rotatable bonds is 8. The number of thioether (sulfide) groups is 1. The molecule has 0 aromatic carbocycles. The van der Waals surface area contributed by atoms with E-state index < -0.39 is 0 Å². The Morgan fingerprint density at radius 2 is 2.09 bits per heavy atom. The van der Waals surface area contributed by atoms with Crippen LogP contribution < -0.4 is 10.2 Å². The van der Waals surface area contributed by atoms with Crippen molar-refractivity contribution in [3.05, 3.63) is 0 Å². The number of hydrogen-bond donors (Lipinski definition) is 1. The van der Waals surface area contributed by atoms with Gasteiger partial charge in [0.05, 0.1) is 5.75 Å². The molecule has 1 saturated carbocycles. The molecule has 0 bridgehead atoms. The van der Waals surface area contributed by atoms with Crippen LogP contribution in [0.4, 0.5) is 5.95 Å². The van der Waals surface area contributed by atoms with Crippen LogP contribution in [-0.4, -0.2) is 46.1 Å². The Kier molecular flexibility index (Phi) is 5.23. The van der Waals surface area contributed by atoms with E-state index in [1.165, 1.54) is 37.4 Å². The number of carbonyl (C=O) groups excluding carboxylic acids is 1. The second kappa shape index (κ2) is 7.35. The van der Waals surface area contributed by atoms with Gasteiger partial charge in [-0.05, 0) is 32.1 Å². The smallest absolute Gasteiger partial charge is 0.230 e. The lowest BCUT2D eigenvalue weighted by Crippen LogP contribution is -2.26. The molecule has 122 valence electrons. The van der Waals surface area contributed by atoms with Crippen LogP contribution >= 0.6 is 11.8 Å². The summed E-state index contributed by atoms with van der Waals surface area (Å²) in [5, 5.41) is 12.6. The molecule has 2 aliphatic rings. The Labute approximate surface area is 136 Å². The maximum Gasteiger partial charge on any atom is 0.230 e. The van der Waals surface area contributed by atoms with E-state index in [1.54, 1.807) is 0 Å². The molecule has 1 aliphatic carbocycles. The maximum absolute atomic E-state index is 11.9. The van der Waals surface area contributed by atoms with E-state index in [1.807, 2.05) is 0 Å². The molecule has 1 aromatic rings. The summed E-state index contributed by atoms with van der Waals surface area (Å²) in [6, 6.07) is 0.538. The predicted octanol–water partition coefficient (Wildman–Crippen LogP) is 2.22. The molecule has 1 N–H and O–H groups in total. The molecule has 22 heavy (non-hydrogen) atoms. The van der Waals surface area contributed by atoms with Gasteiger partial charge in [-0.3, -0.25) is 9.36 Å². The number of unbranched alkanes of at least 4 members (excludes halogenated alkanes) is 1. The quantitative estimate of drug-likeness (QED) is 0.587. The zero-order chi connectivity index (χ0) is 15.4. The van der Waals surface area contributed by atoms with Crippen molar-refractivity contribution in [1.82, 2.24) is 20.1 Å². The minimum Gasteiger partial charge on any atom is -0.355 e. The Morgan fingerprint density at radius 1 is 1.32 bits per heavy atom. The summed E-state index contributed by atoms with van der Waals surface area (Å²) >= 11 is 1.51. The van der Waals surface area contributed by atoms with Crippen molar-refractivity contribution in [2.75, 3.05) is 30.3 Å². The van der Waals surface area contributed by atoms with E-state index >= 15 is 0 Å². The minimum absolute atomic E-state index is 0.0894. The summed E-state index contributed by atoms with van der Waals surface area (Å²) in [5.41, 5.74) is 0. The SMILES string of the molecule is CCCCNC(=O)CSc1nnc(N2CCCC2)n1C1CC1. The first-order chi connectivity index (χ1) is 10.8. The average Bonchev–Trinajstić information content (AvgIpc) is 3.04. The van der Waals surface area contributed by atoms with E-state index in [0.717, 1.165) is 43.6 Å². The average molecular weight is 323 g/mol. The summed E-state index contributed by atoms with van der Waals surface area (Å²) in [6.07, 6.45) is 7.01. The zero-order valence-corrected chi connectivity index (χ0v) is 14.1. The number of carbonyl (C=O) groups is 1. The Bertz CT molecular complexity index is 508. The first-order valence-corrected chi connectivity index (χ1v) is 9.37. The Balaban J connectivity index is 1.60. The number of amides is 1. The van der Waals surface area contributed by atoms with Crippen molar-refractivity contribution in [3.8, 4) is 0 Å². The summed E-state index contributed by atoms with van der Waals surface area (Å²) in [6.45, 7) is 5.04. The lowest BCUT2D eigenvalue weighted by molar-refractivity contribution is -0.118. The van der Waals surface area contributed by atoms with E-state index in [9.17, 15) is 4.79 Å². The monoisotopic (exact) mass is 323 g/mol. The highest BCUT2D eigenvalue weighted by Gasteiger charge is 2.32. The third-order valence-corrected chi connectivity index (χ3v) is 5.08. The topological polar surface area (TPSA) is 63.1 Å². The van der Waals surface area contributed by atoms with Gasteiger partial charge >= 0.3 is 0 Å². The fraction of sp³-hybridized carbons (Fsp3) is 0.800. The van der Waals surface area contributed by atoms with Gasteiger partial charge in [-0.25, -0.2) is 0 Å². The Hall–Kier alpha value is -1.24. The van der Waals surface area contributed by atoms with Crippen molar-refractivity contribution >= 4 is 23.6 Å². The van der Waals surface area contributed by atoms with Gasteiger partial charge in [0, 0.05) is 25.7 Å². The first-order valence-electron chi connectivity index (χ1n) is 8.39. The summed E-state index contributed by atoms with van der Waals surface area (Å²) < 4.78 is 2.26. The van der Waals surface area contributed by atoms with Crippen molar-refractivity contribution in [2.45, 2.75) is 56.6 Å².